The SMILES string of the molecule is Cn1ncc2c1NC(=O)C[C@H]2c1ccc(Cl)cc1Cl. The van der Waals surface area contributed by atoms with E-state index in [0.717, 1.165) is 16.9 Å². The zero-order valence-corrected chi connectivity index (χ0v) is 11.7. The summed E-state index contributed by atoms with van der Waals surface area (Å²) in [7, 11) is 1.80. The second-order valence-corrected chi connectivity index (χ2v) is 5.39. The van der Waals surface area contributed by atoms with Gasteiger partial charge in [0.2, 0.25) is 5.91 Å². The van der Waals surface area contributed by atoms with Crippen molar-refractivity contribution in [3.8, 4) is 0 Å². The van der Waals surface area contributed by atoms with Gasteiger partial charge in [-0.05, 0) is 17.7 Å². The molecule has 1 N–H and O–H groups in total. The quantitative estimate of drug-likeness (QED) is 0.878. The van der Waals surface area contributed by atoms with Crippen LogP contribution < -0.4 is 5.32 Å². The number of halogens is 2. The van der Waals surface area contributed by atoms with Gasteiger partial charge >= 0.3 is 0 Å². The van der Waals surface area contributed by atoms with Crippen molar-refractivity contribution in [2.75, 3.05) is 5.32 Å². The molecule has 0 saturated carbocycles. The van der Waals surface area contributed by atoms with Gasteiger partial charge in [-0.1, -0.05) is 29.3 Å². The van der Waals surface area contributed by atoms with Crippen molar-refractivity contribution < 1.29 is 4.79 Å². The molecule has 6 heteroatoms. The molecule has 1 amide bonds. The molecular weight excluding hydrogens is 285 g/mol. The van der Waals surface area contributed by atoms with Crippen LogP contribution in [0.4, 0.5) is 5.82 Å². The number of nitrogens with zero attached hydrogens (tertiary/aromatic N) is 2. The first kappa shape index (κ1) is 12.5. The van der Waals surface area contributed by atoms with Crippen LogP contribution in [0.5, 0.6) is 0 Å². The highest BCUT2D eigenvalue weighted by atomic mass is 35.5. The summed E-state index contributed by atoms with van der Waals surface area (Å²) in [6.07, 6.45) is 2.13. The summed E-state index contributed by atoms with van der Waals surface area (Å²) < 4.78 is 1.66. The second kappa shape index (κ2) is 4.54. The minimum absolute atomic E-state index is 0.0351. The first-order valence-electron chi connectivity index (χ1n) is 5.83. The van der Waals surface area contributed by atoms with Crippen molar-refractivity contribution in [2.45, 2.75) is 12.3 Å². The molecule has 0 aliphatic carbocycles. The highest BCUT2D eigenvalue weighted by molar-refractivity contribution is 6.35. The molecule has 1 aromatic carbocycles. The summed E-state index contributed by atoms with van der Waals surface area (Å²) in [5.74, 6) is 0.613. The molecular formula is C13H11Cl2N3O. The Morgan fingerprint density at radius 3 is 2.89 bits per heavy atom. The summed E-state index contributed by atoms with van der Waals surface area (Å²) in [6.45, 7) is 0. The van der Waals surface area contributed by atoms with E-state index >= 15 is 0 Å². The van der Waals surface area contributed by atoms with Crippen LogP contribution in [-0.2, 0) is 11.8 Å². The molecule has 0 radical (unpaired) electrons. The van der Waals surface area contributed by atoms with Crippen molar-refractivity contribution in [1.29, 1.82) is 0 Å². The fraction of sp³-hybridized carbons (Fsp3) is 0.231. The molecule has 1 atom stereocenters. The third kappa shape index (κ3) is 2.11. The third-order valence-electron chi connectivity index (χ3n) is 3.33. The van der Waals surface area contributed by atoms with E-state index in [2.05, 4.69) is 10.4 Å². The average Bonchev–Trinajstić information content (AvgIpc) is 2.71. The first-order valence-corrected chi connectivity index (χ1v) is 6.58. The topological polar surface area (TPSA) is 46.9 Å². The predicted octanol–water partition coefficient (Wildman–Crippen LogP) is 3.20. The zero-order chi connectivity index (χ0) is 13.6. The summed E-state index contributed by atoms with van der Waals surface area (Å²) in [5, 5.41) is 8.17. The van der Waals surface area contributed by atoms with Crippen LogP contribution >= 0.6 is 23.2 Å². The van der Waals surface area contributed by atoms with Gasteiger partial charge in [-0.15, -0.1) is 0 Å². The number of anilines is 1. The lowest BCUT2D eigenvalue weighted by molar-refractivity contribution is -0.116. The Morgan fingerprint density at radius 1 is 1.37 bits per heavy atom. The Kier molecular flexibility index (Phi) is 2.99. The minimum atomic E-state index is -0.0813. The van der Waals surface area contributed by atoms with Gasteiger partial charge in [0, 0.05) is 35.0 Å². The number of rotatable bonds is 1. The van der Waals surface area contributed by atoms with Crippen LogP contribution in [-0.4, -0.2) is 15.7 Å². The molecule has 4 nitrogen and oxygen atoms in total. The smallest absolute Gasteiger partial charge is 0.226 e. The lowest BCUT2D eigenvalue weighted by Gasteiger charge is -2.24. The number of aryl methyl sites for hydroxylation is 1. The summed E-state index contributed by atoms with van der Waals surface area (Å²) in [4.78, 5) is 11.8. The van der Waals surface area contributed by atoms with Gasteiger partial charge in [-0.2, -0.15) is 5.10 Å². The maximum absolute atomic E-state index is 11.8. The van der Waals surface area contributed by atoms with Gasteiger partial charge in [0.05, 0.1) is 6.20 Å². The van der Waals surface area contributed by atoms with Crippen LogP contribution in [0.3, 0.4) is 0 Å². The van der Waals surface area contributed by atoms with E-state index < -0.39 is 0 Å². The predicted molar refractivity (Wildman–Crippen MR) is 74.8 cm³/mol. The monoisotopic (exact) mass is 295 g/mol. The molecule has 1 aromatic heterocycles. The van der Waals surface area contributed by atoms with Crippen LogP contribution in [0, 0.1) is 0 Å². The number of aromatic nitrogens is 2. The Bertz CT molecular complexity index is 666. The van der Waals surface area contributed by atoms with E-state index in [0.29, 0.717) is 16.5 Å². The lowest BCUT2D eigenvalue weighted by Crippen LogP contribution is -2.24. The average molecular weight is 296 g/mol. The van der Waals surface area contributed by atoms with Crippen molar-refractivity contribution in [3.63, 3.8) is 0 Å². The maximum atomic E-state index is 11.8. The fourth-order valence-electron chi connectivity index (χ4n) is 2.40. The molecule has 3 rings (SSSR count). The van der Waals surface area contributed by atoms with E-state index in [1.165, 1.54) is 0 Å². The molecule has 2 aromatic rings. The van der Waals surface area contributed by atoms with E-state index in [9.17, 15) is 4.79 Å². The lowest BCUT2D eigenvalue weighted by atomic mass is 9.87. The van der Waals surface area contributed by atoms with Gasteiger partial charge < -0.3 is 5.32 Å². The summed E-state index contributed by atoms with van der Waals surface area (Å²) in [5.41, 5.74) is 1.88. The first-order chi connectivity index (χ1) is 9.06. The van der Waals surface area contributed by atoms with Crippen molar-refractivity contribution in [1.82, 2.24) is 9.78 Å². The normalized spacial score (nSPS) is 18.1. The van der Waals surface area contributed by atoms with Crippen LogP contribution in [0.1, 0.15) is 23.5 Å². The Morgan fingerprint density at radius 2 is 2.16 bits per heavy atom. The van der Waals surface area contributed by atoms with Gasteiger partial charge in [-0.25, -0.2) is 0 Å². The fourth-order valence-corrected chi connectivity index (χ4v) is 2.94. The number of carbonyl (C=O) groups excluding carboxylic acids is 1. The van der Waals surface area contributed by atoms with Gasteiger partial charge in [0.1, 0.15) is 5.82 Å². The number of carbonyl (C=O) groups is 1. The van der Waals surface area contributed by atoms with E-state index in [4.69, 9.17) is 23.2 Å². The molecule has 19 heavy (non-hydrogen) atoms. The zero-order valence-electron chi connectivity index (χ0n) is 10.2. The highest BCUT2D eigenvalue weighted by Gasteiger charge is 2.30. The van der Waals surface area contributed by atoms with Crippen molar-refractivity contribution in [3.05, 3.63) is 45.6 Å². The standard InChI is InChI=1S/C13H11Cl2N3O/c1-18-13-10(6-16-18)9(5-12(19)17-13)8-3-2-7(14)4-11(8)15/h2-4,6,9H,5H2,1H3,(H,17,19)/t9-/m0/s1. The van der Waals surface area contributed by atoms with Gasteiger partial charge in [0.25, 0.3) is 0 Å². The van der Waals surface area contributed by atoms with Gasteiger partial charge in [0.15, 0.2) is 0 Å². The van der Waals surface area contributed by atoms with Crippen molar-refractivity contribution >= 4 is 34.9 Å². The van der Waals surface area contributed by atoms with Crippen LogP contribution in [0.2, 0.25) is 10.0 Å². The Hall–Kier alpha value is -1.52. The Balaban J connectivity index is 2.12. The molecule has 0 spiro atoms. The van der Waals surface area contributed by atoms with Crippen LogP contribution in [0.15, 0.2) is 24.4 Å². The number of hydrogen-bond donors (Lipinski definition) is 1. The highest BCUT2D eigenvalue weighted by Crippen LogP contribution is 2.39. The molecule has 98 valence electrons. The van der Waals surface area contributed by atoms with Crippen LogP contribution in [0.25, 0.3) is 0 Å². The number of nitrogens with one attached hydrogen (secondary N) is 1. The number of benzene rings is 1. The molecule has 1 aliphatic rings. The summed E-state index contributed by atoms with van der Waals surface area (Å²) >= 11 is 12.1. The van der Waals surface area contributed by atoms with E-state index in [1.807, 2.05) is 6.07 Å². The molecule has 2 heterocycles. The molecule has 0 unspecified atom stereocenters. The third-order valence-corrected chi connectivity index (χ3v) is 3.89. The Labute approximate surface area is 120 Å². The number of fused-ring (bicyclic) bond motifs is 1. The van der Waals surface area contributed by atoms with E-state index in [1.54, 1.807) is 30.1 Å². The van der Waals surface area contributed by atoms with Gasteiger partial charge in [-0.3, -0.25) is 9.48 Å². The molecule has 1 aliphatic heterocycles. The number of amides is 1. The van der Waals surface area contributed by atoms with E-state index in [-0.39, 0.29) is 11.8 Å². The maximum Gasteiger partial charge on any atom is 0.226 e. The molecule has 0 fully saturated rings. The molecule has 0 saturated heterocycles. The summed E-state index contributed by atoms with van der Waals surface area (Å²) in [6, 6.07) is 5.34. The second-order valence-electron chi connectivity index (χ2n) is 4.54. The minimum Gasteiger partial charge on any atom is -0.311 e. The molecule has 0 bridgehead atoms. The van der Waals surface area contributed by atoms with Crippen molar-refractivity contribution in [2.24, 2.45) is 7.05 Å². The number of hydrogen-bond acceptors (Lipinski definition) is 2. The largest absolute Gasteiger partial charge is 0.311 e.